The summed E-state index contributed by atoms with van der Waals surface area (Å²) >= 11 is 1.51. The lowest BCUT2D eigenvalue weighted by molar-refractivity contribution is -0.147. The van der Waals surface area contributed by atoms with Gasteiger partial charge in [-0.1, -0.05) is 25.1 Å². The van der Waals surface area contributed by atoms with Crippen LogP contribution in [0.15, 0.2) is 24.3 Å². The SMILES string of the molecule is CC1CCC(OC(=O)CSCc2ccccc2C#N)CC1. The third kappa shape index (κ3) is 5.09. The summed E-state index contributed by atoms with van der Waals surface area (Å²) in [5.41, 5.74) is 1.66. The van der Waals surface area contributed by atoms with Gasteiger partial charge in [0.25, 0.3) is 0 Å². The number of benzene rings is 1. The number of hydrogen-bond donors (Lipinski definition) is 0. The van der Waals surface area contributed by atoms with Gasteiger partial charge in [-0.2, -0.15) is 5.26 Å². The average Bonchev–Trinajstić information content (AvgIpc) is 2.50. The highest BCUT2D eigenvalue weighted by Crippen LogP contribution is 2.26. The van der Waals surface area contributed by atoms with Gasteiger partial charge in [0, 0.05) is 5.75 Å². The van der Waals surface area contributed by atoms with Crippen molar-refractivity contribution >= 4 is 17.7 Å². The van der Waals surface area contributed by atoms with Gasteiger partial charge in [0.2, 0.25) is 0 Å². The van der Waals surface area contributed by atoms with Gasteiger partial charge in [-0.05, 0) is 43.2 Å². The Bertz CT molecular complexity index is 516. The standard InChI is InChI=1S/C17H21NO2S/c1-13-6-8-16(9-7-13)20-17(19)12-21-11-15-5-3-2-4-14(15)10-18/h2-5,13,16H,6-9,11-12H2,1H3. The molecule has 1 aromatic carbocycles. The first-order valence-corrected chi connectivity index (χ1v) is 8.59. The first kappa shape index (κ1) is 15.9. The molecule has 0 aliphatic heterocycles. The largest absolute Gasteiger partial charge is 0.462 e. The van der Waals surface area contributed by atoms with Gasteiger partial charge in [-0.15, -0.1) is 11.8 Å². The Morgan fingerprint density at radius 1 is 1.33 bits per heavy atom. The number of carbonyl (C=O) groups is 1. The predicted octanol–water partition coefficient (Wildman–Crippen LogP) is 3.91. The molecule has 0 atom stereocenters. The number of nitrogens with zero attached hydrogens (tertiary/aromatic N) is 1. The van der Waals surface area contributed by atoms with Crippen LogP contribution in [0.4, 0.5) is 0 Å². The molecule has 0 aromatic heterocycles. The summed E-state index contributed by atoms with van der Waals surface area (Å²) in [6.45, 7) is 2.25. The molecule has 112 valence electrons. The molecule has 0 N–H and O–H groups in total. The van der Waals surface area contributed by atoms with Crippen LogP contribution in [0.2, 0.25) is 0 Å². The van der Waals surface area contributed by atoms with Gasteiger partial charge < -0.3 is 4.74 Å². The van der Waals surface area contributed by atoms with Crippen LogP contribution in [0.25, 0.3) is 0 Å². The Morgan fingerprint density at radius 2 is 2.05 bits per heavy atom. The van der Waals surface area contributed by atoms with Crippen molar-refractivity contribution in [2.75, 3.05) is 5.75 Å². The second kappa shape index (κ2) is 8.09. The molecule has 0 unspecified atom stereocenters. The van der Waals surface area contributed by atoms with Crippen molar-refractivity contribution in [2.24, 2.45) is 5.92 Å². The van der Waals surface area contributed by atoms with Crippen molar-refractivity contribution in [2.45, 2.75) is 44.5 Å². The molecule has 0 saturated heterocycles. The molecule has 4 heteroatoms. The second-order valence-corrected chi connectivity index (χ2v) is 6.62. The van der Waals surface area contributed by atoms with Crippen molar-refractivity contribution in [3.63, 3.8) is 0 Å². The van der Waals surface area contributed by atoms with Crippen molar-refractivity contribution in [3.05, 3.63) is 35.4 Å². The second-order valence-electron chi connectivity index (χ2n) is 5.63. The van der Waals surface area contributed by atoms with Crippen LogP contribution in [0.1, 0.15) is 43.7 Å². The number of rotatable bonds is 5. The van der Waals surface area contributed by atoms with Gasteiger partial charge in [0.1, 0.15) is 6.10 Å². The summed E-state index contributed by atoms with van der Waals surface area (Å²) < 4.78 is 5.51. The quantitative estimate of drug-likeness (QED) is 0.774. The van der Waals surface area contributed by atoms with E-state index in [9.17, 15) is 4.79 Å². The van der Waals surface area contributed by atoms with Gasteiger partial charge in [0.05, 0.1) is 17.4 Å². The first-order valence-electron chi connectivity index (χ1n) is 7.44. The lowest BCUT2D eigenvalue weighted by atomic mass is 9.89. The maximum atomic E-state index is 11.8. The number of hydrogen-bond acceptors (Lipinski definition) is 4. The van der Waals surface area contributed by atoms with E-state index >= 15 is 0 Å². The van der Waals surface area contributed by atoms with Crippen LogP contribution < -0.4 is 0 Å². The normalized spacial score (nSPS) is 21.5. The predicted molar refractivity (Wildman–Crippen MR) is 84.8 cm³/mol. The van der Waals surface area contributed by atoms with E-state index in [1.807, 2.05) is 18.2 Å². The number of thioether (sulfide) groups is 1. The van der Waals surface area contributed by atoms with Gasteiger partial charge in [-0.25, -0.2) is 0 Å². The summed E-state index contributed by atoms with van der Waals surface area (Å²) in [6.07, 6.45) is 4.41. The van der Waals surface area contributed by atoms with Gasteiger partial charge in [0.15, 0.2) is 0 Å². The minimum atomic E-state index is -0.131. The fourth-order valence-corrected chi connectivity index (χ4v) is 3.38. The number of carbonyl (C=O) groups excluding carboxylic acids is 1. The molecule has 0 heterocycles. The van der Waals surface area contributed by atoms with Crippen molar-refractivity contribution in [3.8, 4) is 6.07 Å². The summed E-state index contributed by atoms with van der Waals surface area (Å²) in [6, 6.07) is 9.67. The summed E-state index contributed by atoms with van der Waals surface area (Å²) in [5, 5.41) is 9.01. The fourth-order valence-electron chi connectivity index (χ4n) is 2.57. The first-order chi connectivity index (χ1) is 10.2. The molecule has 3 nitrogen and oxygen atoms in total. The van der Waals surface area contributed by atoms with Crippen molar-refractivity contribution in [1.82, 2.24) is 0 Å². The fraction of sp³-hybridized carbons (Fsp3) is 0.529. The molecule has 1 fully saturated rings. The summed E-state index contributed by atoms with van der Waals surface area (Å²) in [4.78, 5) is 11.8. The van der Waals surface area contributed by atoms with E-state index in [1.165, 1.54) is 11.8 Å². The van der Waals surface area contributed by atoms with Crippen LogP contribution in [0, 0.1) is 17.2 Å². The lowest BCUT2D eigenvalue weighted by Gasteiger charge is -2.25. The Labute approximate surface area is 130 Å². The Balaban J connectivity index is 1.71. The zero-order chi connectivity index (χ0) is 15.1. The molecule has 0 spiro atoms. The number of ether oxygens (including phenoxy) is 1. The van der Waals surface area contributed by atoms with Crippen LogP contribution in [0.3, 0.4) is 0 Å². The van der Waals surface area contributed by atoms with E-state index < -0.39 is 0 Å². The Kier molecular flexibility index (Phi) is 6.13. The van der Waals surface area contributed by atoms with Crippen LogP contribution in [-0.4, -0.2) is 17.8 Å². The van der Waals surface area contributed by atoms with Crippen molar-refractivity contribution < 1.29 is 9.53 Å². The zero-order valence-corrected chi connectivity index (χ0v) is 13.2. The number of esters is 1. The van der Waals surface area contributed by atoms with E-state index in [0.29, 0.717) is 17.1 Å². The Hall–Kier alpha value is -1.47. The highest BCUT2D eigenvalue weighted by Gasteiger charge is 2.21. The highest BCUT2D eigenvalue weighted by atomic mass is 32.2. The average molecular weight is 303 g/mol. The highest BCUT2D eigenvalue weighted by molar-refractivity contribution is 7.99. The summed E-state index contributed by atoms with van der Waals surface area (Å²) in [5.74, 6) is 1.65. The van der Waals surface area contributed by atoms with E-state index in [-0.39, 0.29) is 12.1 Å². The van der Waals surface area contributed by atoms with E-state index in [2.05, 4.69) is 13.0 Å². The molecule has 1 saturated carbocycles. The van der Waals surface area contributed by atoms with Crippen LogP contribution >= 0.6 is 11.8 Å². The molecule has 0 bridgehead atoms. The third-order valence-corrected chi connectivity index (χ3v) is 4.83. The minimum absolute atomic E-state index is 0.112. The zero-order valence-electron chi connectivity index (χ0n) is 12.4. The minimum Gasteiger partial charge on any atom is -0.462 e. The van der Waals surface area contributed by atoms with Crippen molar-refractivity contribution in [1.29, 1.82) is 5.26 Å². The Morgan fingerprint density at radius 3 is 2.76 bits per heavy atom. The summed E-state index contributed by atoms with van der Waals surface area (Å²) in [7, 11) is 0. The van der Waals surface area contributed by atoms with E-state index in [1.54, 1.807) is 6.07 Å². The molecular formula is C17H21NO2S. The van der Waals surface area contributed by atoms with Crippen LogP contribution in [0.5, 0.6) is 0 Å². The lowest BCUT2D eigenvalue weighted by Crippen LogP contribution is -2.24. The molecule has 1 aromatic rings. The molecule has 0 radical (unpaired) electrons. The molecule has 0 amide bonds. The van der Waals surface area contributed by atoms with E-state index in [4.69, 9.17) is 10.00 Å². The molecule has 1 aliphatic rings. The third-order valence-electron chi connectivity index (χ3n) is 3.88. The molecule has 1 aliphatic carbocycles. The monoisotopic (exact) mass is 303 g/mol. The molecule has 21 heavy (non-hydrogen) atoms. The van der Waals surface area contributed by atoms with Gasteiger partial charge in [-0.3, -0.25) is 4.79 Å². The molecule has 2 rings (SSSR count). The van der Waals surface area contributed by atoms with E-state index in [0.717, 1.165) is 37.2 Å². The van der Waals surface area contributed by atoms with Crippen LogP contribution in [-0.2, 0) is 15.3 Å². The topological polar surface area (TPSA) is 50.1 Å². The number of nitriles is 1. The maximum absolute atomic E-state index is 11.8. The molecular weight excluding hydrogens is 282 g/mol. The smallest absolute Gasteiger partial charge is 0.316 e. The maximum Gasteiger partial charge on any atom is 0.316 e. The van der Waals surface area contributed by atoms with Gasteiger partial charge >= 0.3 is 5.97 Å².